The molecule has 0 spiro atoms. The molecule has 140 valence electrons. The molecule has 0 radical (unpaired) electrons. The molecule has 1 saturated heterocycles. The van der Waals surface area contributed by atoms with Crippen LogP contribution in [0.2, 0.25) is 0 Å². The molecule has 6 nitrogen and oxygen atoms in total. The fraction of sp³-hybridized carbons (Fsp3) is 0.526. The molecule has 1 fully saturated rings. The van der Waals surface area contributed by atoms with Gasteiger partial charge in [0.25, 0.3) is 5.91 Å². The molecular weight excluding hydrogens is 346 g/mol. The van der Waals surface area contributed by atoms with Crippen molar-refractivity contribution in [1.29, 1.82) is 0 Å². The first-order valence-corrected chi connectivity index (χ1v) is 9.89. The minimum Gasteiger partial charge on any atom is -0.381 e. The lowest BCUT2D eigenvalue weighted by Gasteiger charge is -2.21. The second-order valence-corrected chi connectivity index (χ2v) is 8.21. The van der Waals surface area contributed by atoms with Crippen LogP contribution in [-0.2, 0) is 0 Å². The third-order valence-electron chi connectivity index (χ3n) is 4.69. The minimum absolute atomic E-state index is 0.130. The van der Waals surface area contributed by atoms with Crippen LogP contribution in [-0.4, -0.2) is 54.0 Å². The highest BCUT2D eigenvalue weighted by molar-refractivity contribution is 7.13. The minimum atomic E-state index is 0.130. The van der Waals surface area contributed by atoms with Crippen molar-refractivity contribution in [2.75, 3.05) is 37.4 Å². The Kier molecular flexibility index (Phi) is 5.76. The lowest BCUT2D eigenvalue weighted by atomic mass is 10.1. The molecule has 26 heavy (non-hydrogen) atoms. The van der Waals surface area contributed by atoms with Gasteiger partial charge < -0.3 is 15.1 Å². The Labute approximate surface area is 159 Å². The number of amides is 1. The van der Waals surface area contributed by atoms with Crippen LogP contribution >= 0.6 is 11.3 Å². The van der Waals surface area contributed by atoms with E-state index in [1.807, 2.05) is 50.0 Å². The Balaban J connectivity index is 1.59. The van der Waals surface area contributed by atoms with E-state index in [0.717, 1.165) is 59.4 Å². The summed E-state index contributed by atoms with van der Waals surface area (Å²) in [4.78, 5) is 26.4. The van der Waals surface area contributed by atoms with Gasteiger partial charge >= 0.3 is 0 Å². The number of hydrogen-bond acceptors (Lipinski definition) is 6. The van der Waals surface area contributed by atoms with Crippen LogP contribution < -0.4 is 10.2 Å². The van der Waals surface area contributed by atoms with Crippen LogP contribution in [0.5, 0.6) is 0 Å². The maximum Gasteiger partial charge on any atom is 0.265 e. The lowest BCUT2D eigenvalue weighted by Crippen LogP contribution is -2.32. The number of aromatic nitrogens is 2. The summed E-state index contributed by atoms with van der Waals surface area (Å²) in [5, 5.41) is 4.53. The van der Waals surface area contributed by atoms with E-state index < -0.39 is 0 Å². The molecule has 3 rings (SSSR count). The number of likely N-dealkylation sites (tertiary alicyclic amines) is 1. The number of pyridine rings is 1. The van der Waals surface area contributed by atoms with Crippen molar-refractivity contribution in [3.8, 4) is 0 Å². The van der Waals surface area contributed by atoms with Gasteiger partial charge in [0.2, 0.25) is 0 Å². The Morgan fingerprint density at radius 1 is 1.27 bits per heavy atom. The highest BCUT2D eigenvalue weighted by Gasteiger charge is 2.24. The molecule has 1 atom stereocenters. The SMILES string of the molecule is Cc1nc(C)c(C(=O)N2CCC[C@H](Nc3ccc(N(C)C)nc3)CC2)s1. The number of aryl methyl sites for hydroxylation is 2. The molecule has 0 unspecified atom stereocenters. The molecule has 0 saturated carbocycles. The summed E-state index contributed by atoms with van der Waals surface area (Å²) in [6.07, 6.45) is 4.88. The van der Waals surface area contributed by atoms with Gasteiger partial charge in [0.15, 0.2) is 0 Å². The molecule has 2 aromatic rings. The van der Waals surface area contributed by atoms with E-state index in [9.17, 15) is 4.79 Å². The summed E-state index contributed by atoms with van der Waals surface area (Å²) in [5.41, 5.74) is 1.89. The second kappa shape index (κ2) is 8.03. The monoisotopic (exact) mass is 373 g/mol. The average Bonchev–Trinajstić information content (AvgIpc) is 2.81. The predicted octanol–water partition coefficient (Wildman–Crippen LogP) is 3.33. The summed E-state index contributed by atoms with van der Waals surface area (Å²) in [5.74, 6) is 1.08. The topological polar surface area (TPSA) is 61.4 Å². The normalized spacial score (nSPS) is 17.7. The van der Waals surface area contributed by atoms with Crippen molar-refractivity contribution < 1.29 is 4.79 Å². The van der Waals surface area contributed by atoms with Gasteiger partial charge in [-0.3, -0.25) is 4.79 Å². The summed E-state index contributed by atoms with van der Waals surface area (Å²) in [6, 6.07) is 4.45. The van der Waals surface area contributed by atoms with Gasteiger partial charge in [0.05, 0.1) is 22.6 Å². The van der Waals surface area contributed by atoms with Crippen molar-refractivity contribution in [3.05, 3.63) is 33.9 Å². The Bertz CT molecular complexity index is 756. The quantitative estimate of drug-likeness (QED) is 0.891. The number of anilines is 2. The zero-order valence-electron chi connectivity index (χ0n) is 16.0. The molecule has 1 amide bonds. The molecular formula is C19H27N5OS. The van der Waals surface area contributed by atoms with Gasteiger partial charge in [-0.1, -0.05) is 0 Å². The third-order valence-corrected chi connectivity index (χ3v) is 5.75. The average molecular weight is 374 g/mol. The zero-order chi connectivity index (χ0) is 18.7. The Morgan fingerprint density at radius 3 is 2.69 bits per heavy atom. The summed E-state index contributed by atoms with van der Waals surface area (Å²) >= 11 is 1.50. The van der Waals surface area contributed by atoms with Crippen molar-refractivity contribution in [1.82, 2.24) is 14.9 Å². The van der Waals surface area contributed by atoms with Crippen LogP contribution in [0.25, 0.3) is 0 Å². The van der Waals surface area contributed by atoms with Crippen LogP contribution in [0.3, 0.4) is 0 Å². The standard InChI is InChI=1S/C19H27N5OS/c1-13-18(26-14(2)21-13)19(25)24-10-5-6-15(9-11-24)22-16-7-8-17(20-12-16)23(3)4/h7-8,12,15,22H,5-6,9-11H2,1-4H3/t15-/m0/s1. The highest BCUT2D eigenvalue weighted by atomic mass is 32.1. The molecule has 0 bridgehead atoms. The number of nitrogens with zero attached hydrogens (tertiary/aromatic N) is 4. The maximum atomic E-state index is 12.8. The smallest absolute Gasteiger partial charge is 0.265 e. The molecule has 2 aromatic heterocycles. The number of rotatable bonds is 4. The van der Waals surface area contributed by atoms with Crippen molar-refractivity contribution in [2.45, 2.75) is 39.2 Å². The molecule has 1 aliphatic heterocycles. The van der Waals surface area contributed by atoms with Gasteiger partial charge in [-0.2, -0.15) is 0 Å². The first-order valence-electron chi connectivity index (χ1n) is 9.07. The van der Waals surface area contributed by atoms with Gasteiger partial charge in [-0.05, 0) is 45.2 Å². The van der Waals surface area contributed by atoms with E-state index >= 15 is 0 Å². The van der Waals surface area contributed by atoms with Gasteiger partial charge in [0.1, 0.15) is 10.7 Å². The van der Waals surface area contributed by atoms with Gasteiger partial charge in [-0.25, -0.2) is 9.97 Å². The van der Waals surface area contributed by atoms with Gasteiger partial charge in [-0.15, -0.1) is 11.3 Å². The lowest BCUT2D eigenvalue weighted by molar-refractivity contribution is 0.0765. The summed E-state index contributed by atoms with van der Waals surface area (Å²) < 4.78 is 0. The number of carbonyl (C=O) groups is 1. The van der Waals surface area contributed by atoms with E-state index in [1.165, 1.54) is 11.3 Å². The van der Waals surface area contributed by atoms with Crippen LogP contribution in [0, 0.1) is 13.8 Å². The number of nitrogens with one attached hydrogen (secondary N) is 1. The fourth-order valence-corrected chi connectivity index (χ4v) is 4.18. The first kappa shape index (κ1) is 18.6. The Hall–Kier alpha value is -2.15. The molecule has 1 N–H and O–H groups in total. The van der Waals surface area contributed by atoms with E-state index in [-0.39, 0.29) is 5.91 Å². The van der Waals surface area contributed by atoms with Crippen LogP contribution in [0.15, 0.2) is 18.3 Å². The molecule has 1 aliphatic rings. The van der Waals surface area contributed by atoms with E-state index in [0.29, 0.717) is 6.04 Å². The molecule has 3 heterocycles. The van der Waals surface area contributed by atoms with Crippen LogP contribution in [0.1, 0.15) is 39.6 Å². The number of thiazole rings is 1. The predicted molar refractivity (Wildman–Crippen MR) is 107 cm³/mol. The van der Waals surface area contributed by atoms with E-state index in [1.54, 1.807) is 0 Å². The molecule has 7 heteroatoms. The zero-order valence-corrected chi connectivity index (χ0v) is 16.8. The fourth-order valence-electron chi connectivity index (χ4n) is 3.29. The first-order chi connectivity index (χ1) is 12.4. The van der Waals surface area contributed by atoms with Crippen LogP contribution in [0.4, 0.5) is 11.5 Å². The largest absolute Gasteiger partial charge is 0.381 e. The number of carbonyl (C=O) groups excluding carboxylic acids is 1. The van der Waals surface area contributed by atoms with Crippen molar-refractivity contribution >= 4 is 28.7 Å². The van der Waals surface area contributed by atoms with E-state index in [4.69, 9.17) is 0 Å². The highest BCUT2D eigenvalue weighted by Crippen LogP contribution is 2.23. The molecule has 0 aliphatic carbocycles. The third kappa shape index (κ3) is 4.33. The van der Waals surface area contributed by atoms with Crippen molar-refractivity contribution in [3.63, 3.8) is 0 Å². The van der Waals surface area contributed by atoms with Gasteiger partial charge in [0, 0.05) is 33.2 Å². The second-order valence-electron chi connectivity index (χ2n) is 7.01. The summed E-state index contributed by atoms with van der Waals surface area (Å²) in [7, 11) is 3.97. The maximum absolute atomic E-state index is 12.8. The summed E-state index contributed by atoms with van der Waals surface area (Å²) in [6.45, 7) is 5.46. The van der Waals surface area contributed by atoms with Crippen molar-refractivity contribution in [2.24, 2.45) is 0 Å². The van der Waals surface area contributed by atoms with E-state index in [2.05, 4.69) is 21.4 Å². The Morgan fingerprint density at radius 2 is 2.08 bits per heavy atom. The number of hydrogen-bond donors (Lipinski definition) is 1. The molecule has 0 aromatic carbocycles.